The predicted octanol–water partition coefficient (Wildman–Crippen LogP) is 7.43. The van der Waals surface area contributed by atoms with Crippen LogP contribution in [0.3, 0.4) is 0 Å². The van der Waals surface area contributed by atoms with Crippen LogP contribution in [0, 0.1) is 27.7 Å². The van der Waals surface area contributed by atoms with E-state index in [0.717, 1.165) is 0 Å². The number of fused-ring (bicyclic) bond motifs is 1. The molecule has 130 valence electrons. The summed E-state index contributed by atoms with van der Waals surface area (Å²) >= 11 is 0. The first-order valence-corrected chi connectivity index (χ1v) is 9.14. The quantitative estimate of drug-likeness (QED) is 0.338. The molecule has 0 N–H and O–H groups in total. The molecule has 0 saturated heterocycles. The topological polar surface area (TPSA) is 0 Å². The van der Waals surface area contributed by atoms with E-state index < -0.39 is 0 Å². The van der Waals surface area contributed by atoms with Gasteiger partial charge in [-0.25, -0.2) is 0 Å². The van der Waals surface area contributed by atoms with E-state index in [1.54, 1.807) is 0 Å². The van der Waals surface area contributed by atoms with Crippen LogP contribution in [0.15, 0.2) is 84.9 Å². The van der Waals surface area contributed by atoms with E-state index in [0.29, 0.717) is 0 Å². The molecule has 0 heteroatoms. The molecule has 0 radical (unpaired) electrons. The molecule has 0 saturated carbocycles. The van der Waals surface area contributed by atoms with Crippen molar-refractivity contribution >= 4 is 10.8 Å². The van der Waals surface area contributed by atoms with Gasteiger partial charge in [-0.1, -0.05) is 90.5 Å². The minimum Gasteiger partial charge on any atom is -0.0620 e. The molecule has 0 spiro atoms. The van der Waals surface area contributed by atoms with Crippen LogP contribution in [0.25, 0.3) is 21.9 Å². The summed E-state index contributed by atoms with van der Waals surface area (Å²) in [7, 11) is 0. The highest BCUT2D eigenvalue weighted by Gasteiger charge is 2.04. The molecule has 0 aliphatic carbocycles. The van der Waals surface area contributed by atoms with Crippen molar-refractivity contribution in [2.45, 2.75) is 27.7 Å². The lowest BCUT2D eigenvalue weighted by Crippen LogP contribution is -1.87. The molecule has 0 aromatic heterocycles. The summed E-state index contributed by atoms with van der Waals surface area (Å²) in [6.45, 7) is 8.61. The Morgan fingerprint density at radius 1 is 0.462 bits per heavy atom. The van der Waals surface area contributed by atoms with Crippen LogP contribution < -0.4 is 0 Å². The summed E-state index contributed by atoms with van der Waals surface area (Å²) in [6.07, 6.45) is 0. The van der Waals surface area contributed by atoms with Crippen LogP contribution in [-0.2, 0) is 0 Å². The highest BCUT2D eigenvalue weighted by atomic mass is 14.1. The third kappa shape index (κ3) is 4.03. The van der Waals surface area contributed by atoms with Crippen molar-refractivity contribution in [3.05, 3.63) is 107 Å². The van der Waals surface area contributed by atoms with E-state index in [9.17, 15) is 0 Å². The lowest BCUT2D eigenvalue weighted by atomic mass is 9.95. The first-order chi connectivity index (χ1) is 12.6. The standard InChI is InChI=1S/C15H16.C11H10/c1-11-8-9-13(3)15(10-11)14-7-5-4-6-12(14)2;1-9-5-4-7-10-6-2-3-8-11(9)10/h4-10H,1-3H3;2-8H,1H3. The van der Waals surface area contributed by atoms with Gasteiger partial charge in [-0.2, -0.15) is 0 Å². The van der Waals surface area contributed by atoms with Gasteiger partial charge in [0.15, 0.2) is 0 Å². The van der Waals surface area contributed by atoms with E-state index >= 15 is 0 Å². The van der Waals surface area contributed by atoms with Gasteiger partial charge >= 0.3 is 0 Å². The minimum atomic E-state index is 1.32. The summed E-state index contributed by atoms with van der Waals surface area (Å²) in [4.78, 5) is 0. The molecule has 0 fully saturated rings. The third-order valence-corrected chi connectivity index (χ3v) is 4.84. The fraction of sp³-hybridized carbons (Fsp3) is 0.154. The van der Waals surface area contributed by atoms with E-state index in [1.165, 1.54) is 44.2 Å². The molecule has 0 unspecified atom stereocenters. The number of hydrogen-bond donors (Lipinski definition) is 0. The van der Waals surface area contributed by atoms with Crippen LogP contribution in [0.5, 0.6) is 0 Å². The highest BCUT2D eigenvalue weighted by Crippen LogP contribution is 2.27. The van der Waals surface area contributed by atoms with Crippen molar-refractivity contribution < 1.29 is 0 Å². The zero-order chi connectivity index (χ0) is 18.5. The van der Waals surface area contributed by atoms with E-state index in [2.05, 4.69) is 113 Å². The molecule has 0 amide bonds. The van der Waals surface area contributed by atoms with Crippen molar-refractivity contribution in [1.29, 1.82) is 0 Å². The molecule has 0 aliphatic rings. The smallest absolute Gasteiger partial charge is 0.0149 e. The summed E-state index contributed by atoms with van der Waals surface area (Å²) in [5, 5.41) is 2.68. The minimum absolute atomic E-state index is 1.32. The van der Waals surface area contributed by atoms with Crippen LogP contribution in [0.1, 0.15) is 22.3 Å². The molecule has 0 heterocycles. The summed E-state index contributed by atoms with van der Waals surface area (Å²) in [5.41, 5.74) is 8.05. The van der Waals surface area contributed by atoms with Gasteiger partial charge in [0.25, 0.3) is 0 Å². The van der Waals surface area contributed by atoms with Gasteiger partial charge in [0, 0.05) is 0 Å². The van der Waals surface area contributed by atoms with Crippen LogP contribution in [0.2, 0.25) is 0 Å². The predicted molar refractivity (Wildman–Crippen MR) is 115 cm³/mol. The summed E-state index contributed by atoms with van der Waals surface area (Å²) in [5.74, 6) is 0. The molecule has 0 nitrogen and oxygen atoms in total. The Bertz CT molecular complexity index is 1020. The maximum absolute atomic E-state index is 2.26. The second-order valence-corrected chi connectivity index (χ2v) is 6.93. The Morgan fingerprint density at radius 3 is 1.85 bits per heavy atom. The van der Waals surface area contributed by atoms with E-state index in [1.807, 2.05) is 0 Å². The van der Waals surface area contributed by atoms with Crippen LogP contribution in [-0.4, -0.2) is 0 Å². The van der Waals surface area contributed by atoms with Crippen molar-refractivity contribution in [3.8, 4) is 11.1 Å². The average Bonchev–Trinajstić information content (AvgIpc) is 2.65. The van der Waals surface area contributed by atoms with Gasteiger partial charge < -0.3 is 0 Å². The second kappa shape index (κ2) is 8.01. The Morgan fingerprint density at radius 2 is 1.08 bits per heavy atom. The average molecular weight is 338 g/mol. The van der Waals surface area contributed by atoms with Crippen LogP contribution >= 0.6 is 0 Å². The maximum atomic E-state index is 2.26. The summed E-state index contributed by atoms with van der Waals surface area (Å²) in [6, 6.07) is 30.0. The van der Waals surface area contributed by atoms with Crippen LogP contribution in [0.4, 0.5) is 0 Å². The Labute approximate surface area is 157 Å². The SMILES string of the molecule is Cc1ccc(C)c(-c2ccccc2C)c1.Cc1cccc2ccccc12. The van der Waals surface area contributed by atoms with Crippen molar-refractivity contribution in [3.63, 3.8) is 0 Å². The van der Waals surface area contributed by atoms with Gasteiger partial charge in [0.05, 0.1) is 0 Å². The number of benzene rings is 4. The van der Waals surface area contributed by atoms with Gasteiger partial charge in [-0.3, -0.25) is 0 Å². The van der Waals surface area contributed by atoms with Crippen molar-refractivity contribution in [2.75, 3.05) is 0 Å². The summed E-state index contributed by atoms with van der Waals surface area (Å²) < 4.78 is 0. The first kappa shape index (κ1) is 17.9. The Kier molecular flexibility index (Phi) is 5.53. The second-order valence-electron chi connectivity index (χ2n) is 6.93. The fourth-order valence-electron chi connectivity index (χ4n) is 3.29. The zero-order valence-electron chi connectivity index (χ0n) is 16.1. The van der Waals surface area contributed by atoms with Gasteiger partial charge in [0.1, 0.15) is 0 Å². The fourth-order valence-corrected chi connectivity index (χ4v) is 3.29. The van der Waals surface area contributed by atoms with Gasteiger partial charge in [-0.05, 0) is 66.3 Å². The van der Waals surface area contributed by atoms with E-state index in [4.69, 9.17) is 0 Å². The number of hydrogen-bond acceptors (Lipinski definition) is 0. The Balaban J connectivity index is 0.000000158. The lowest BCUT2D eigenvalue weighted by Gasteiger charge is -2.09. The highest BCUT2D eigenvalue weighted by molar-refractivity contribution is 5.85. The molecule has 0 bridgehead atoms. The molecular formula is C26H26. The number of rotatable bonds is 1. The lowest BCUT2D eigenvalue weighted by molar-refractivity contribution is 1.37. The molecule has 0 atom stereocenters. The molecular weight excluding hydrogens is 312 g/mol. The van der Waals surface area contributed by atoms with Crippen molar-refractivity contribution in [1.82, 2.24) is 0 Å². The first-order valence-electron chi connectivity index (χ1n) is 9.14. The number of aryl methyl sites for hydroxylation is 4. The third-order valence-electron chi connectivity index (χ3n) is 4.84. The molecule has 4 aromatic carbocycles. The molecule has 4 aromatic rings. The van der Waals surface area contributed by atoms with Crippen molar-refractivity contribution in [2.24, 2.45) is 0 Å². The maximum Gasteiger partial charge on any atom is -0.0149 e. The molecule has 4 rings (SSSR count). The molecule has 26 heavy (non-hydrogen) atoms. The zero-order valence-corrected chi connectivity index (χ0v) is 16.1. The normalized spacial score (nSPS) is 10.3. The van der Waals surface area contributed by atoms with Gasteiger partial charge in [-0.15, -0.1) is 0 Å². The Hall–Kier alpha value is -2.86. The molecule has 0 aliphatic heterocycles. The van der Waals surface area contributed by atoms with E-state index in [-0.39, 0.29) is 0 Å². The largest absolute Gasteiger partial charge is 0.0620 e. The van der Waals surface area contributed by atoms with Gasteiger partial charge in [0.2, 0.25) is 0 Å². The monoisotopic (exact) mass is 338 g/mol.